The van der Waals surface area contributed by atoms with E-state index in [9.17, 15) is 4.79 Å². The number of hydrogen-bond acceptors (Lipinski definition) is 3. The molecule has 0 heterocycles. The van der Waals surface area contributed by atoms with Gasteiger partial charge in [0.05, 0.1) is 0 Å². The first-order valence-corrected chi connectivity index (χ1v) is 6.48. The van der Waals surface area contributed by atoms with E-state index in [0.29, 0.717) is 13.0 Å². The SMILES string of the molecule is NC(CCNC(=O)C1CCCCCCC1)=NO. The second-order valence-electron chi connectivity index (χ2n) is 4.67. The Kier molecular flexibility index (Phi) is 6.43. The number of rotatable bonds is 4. The summed E-state index contributed by atoms with van der Waals surface area (Å²) in [6.45, 7) is 0.450. The fourth-order valence-electron chi connectivity index (χ4n) is 2.23. The molecule has 4 N–H and O–H groups in total. The zero-order valence-electron chi connectivity index (χ0n) is 10.3. The van der Waals surface area contributed by atoms with E-state index in [1.165, 1.54) is 19.3 Å². The molecule has 0 aliphatic heterocycles. The van der Waals surface area contributed by atoms with Gasteiger partial charge in [-0.1, -0.05) is 37.3 Å². The van der Waals surface area contributed by atoms with Crippen molar-refractivity contribution >= 4 is 11.7 Å². The van der Waals surface area contributed by atoms with E-state index >= 15 is 0 Å². The highest BCUT2D eigenvalue weighted by Gasteiger charge is 2.18. The quantitative estimate of drug-likeness (QED) is 0.302. The predicted octanol–water partition coefficient (Wildman–Crippen LogP) is 1.60. The van der Waals surface area contributed by atoms with Crippen LogP contribution in [0, 0.1) is 5.92 Å². The summed E-state index contributed by atoms with van der Waals surface area (Å²) < 4.78 is 0. The smallest absolute Gasteiger partial charge is 0.223 e. The lowest BCUT2D eigenvalue weighted by Gasteiger charge is -2.18. The van der Waals surface area contributed by atoms with Crippen molar-refractivity contribution in [3.05, 3.63) is 0 Å². The monoisotopic (exact) mass is 241 g/mol. The Morgan fingerprint density at radius 1 is 1.24 bits per heavy atom. The van der Waals surface area contributed by atoms with E-state index in [-0.39, 0.29) is 17.7 Å². The minimum atomic E-state index is 0.123. The van der Waals surface area contributed by atoms with Gasteiger partial charge in [0.2, 0.25) is 5.91 Å². The number of hydrogen-bond donors (Lipinski definition) is 3. The van der Waals surface area contributed by atoms with Crippen LogP contribution in [0.3, 0.4) is 0 Å². The molecule has 98 valence electrons. The van der Waals surface area contributed by atoms with Crippen LogP contribution in [-0.4, -0.2) is 23.5 Å². The Labute approximate surface area is 102 Å². The molecule has 1 saturated carbocycles. The fourth-order valence-corrected chi connectivity index (χ4v) is 2.23. The second kappa shape index (κ2) is 7.92. The zero-order chi connectivity index (χ0) is 12.5. The maximum absolute atomic E-state index is 11.9. The molecule has 5 nitrogen and oxygen atoms in total. The predicted molar refractivity (Wildman–Crippen MR) is 66.8 cm³/mol. The molecule has 0 unspecified atom stereocenters. The van der Waals surface area contributed by atoms with Gasteiger partial charge in [-0.25, -0.2) is 0 Å². The number of nitrogens with one attached hydrogen (secondary N) is 1. The third-order valence-corrected chi connectivity index (χ3v) is 3.28. The summed E-state index contributed by atoms with van der Waals surface area (Å²) in [4.78, 5) is 11.9. The van der Waals surface area contributed by atoms with E-state index in [0.717, 1.165) is 25.7 Å². The lowest BCUT2D eigenvalue weighted by molar-refractivity contribution is -0.125. The molecule has 0 saturated heterocycles. The number of amides is 1. The van der Waals surface area contributed by atoms with Gasteiger partial charge in [-0.3, -0.25) is 4.79 Å². The lowest BCUT2D eigenvalue weighted by Crippen LogP contribution is -2.33. The van der Waals surface area contributed by atoms with Crippen LogP contribution in [0.4, 0.5) is 0 Å². The van der Waals surface area contributed by atoms with Gasteiger partial charge in [-0.15, -0.1) is 0 Å². The Morgan fingerprint density at radius 2 is 1.82 bits per heavy atom. The Bertz CT molecular complexity index is 258. The molecule has 1 aliphatic carbocycles. The highest BCUT2D eigenvalue weighted by Crippen LogP contribution is 2.22. The van der Waals surface area contributed by atoms with Crippen LogP contribution in [-0.2, 0) is 4.79 Å². The molecule has 1 aliphatic rings. The van der Waals surface area contributed by atoms with Gasteiger partial charge < -0.3 is 16.3 Å². The average molecular weight is 241 g/mol. The van der Waals surface area contributed by atoms with E-state index in [1.54, 1.807) is 0 Å². The first-order valence-electron chi connectivity index (χ1n) is 6.48. The van der Waals surface area contributed by atoms with Crippen LogP contribution in [0.25, 0.3) is 0 Å². The molecule has 0 atom stereocenters. The van der Waals surface area contributed by atoms with Crippen LogP contribution in [0.2, 0.25) is 0 Å². The van der Waals surface area contributed by atoms with Gasteiger partial charge in [0.15, 0.2) is 0 Å². The van der Waals surface area contributed by atoms with E-state index in [1.807, 2.05) is 0 Å². The normalized spacial score (nSPS) is 19.4. The van der Waals surface area contributed by atoms with Gasteiger partial charge in [0.1, 0.15) is 5.84 Å². The molecule has 0 radical (unpaired) electrons. The van der Waals surface area contributed by atoms with Crippen molar-refractivity contribution in [1.29, 1.82) is 0 Å². The van der Waals surface area contributed by atoms with E-state index in [4.69, 9.17) is 10.9 Å². The third-order valence-electron chi connectivity index (χ3n) is 3.28. The number of carbonyl (C=O) groups is 1. The highest BCUT2D eigenvalue weighted by atomic mass is 16.4. The Morgan fingerprint density at radius 3 is 2.41 bits per heavy atom. The maximum Gasteiger partial charge on any atom is 0.223 e. The summed E-state index contributed by atoms with van der Waals surface area (Å²) in [7, 11) is 0. The number of oxime groups is 1. The zero-order valence-corrected chi connectivity index (χ0v) is 10.3. The third kappa shape index (κ3) is 5.56. The van der Waals surface area contributed by atoms with Crippen molar-refractivity contribution < 1.29 is 10.0 Å². The van der Waals surface area contributed by atoms with Crippen molar-refractivity contribution in [2.75, 3.05) is 6.54 Å². The minimum Gasteiger partial charge on any atom is -0.409 e. The van der Waals surface area contributed by atoms with Crippen LogP contribution in [0.5, 0.6) is 0 Å². The first kappa shape index (κ1) is 13.8. The molecular formula is C12H23N3O2. The van der Waals surface area contributed by atoms with Gasteiger partial charge in [0.25, 0.3) is 0 Å². The van der Waals surface area contributed by atoms with Gasteiger partial charge >= 0.3 is 0 Å². The molecule has 0 aromatic carbocycles. The summed E-state index contributed by atoms with van der Waals surface area (Å²) in [6, 6.07) is 0. The highest BCUT2D eigenvalue weighted by molar-refractivity contribution is 5.82. The Hall–Kier alpha value is -1.26. The molecule has 17 heavy (non-hydrogen) atoms. The number of nitrogens with two attached hydrogens (primary N) is 1. The largest absolute Gasteiger partial charge is 0.409 e. The molecule has 0 aromatic heterocycles. The van der Waals surface area contributed by atoms with Crippen molar-refractivity contribution in [1.82, 2.24) is 5.32 Å². The average Bonchev–Trinajstić information content (AvgIpc) is 2.28. The molecule has 0 spiro atoms. The topological polar surface area (TPSA) is 87.7 Å². The number of carbonyl (C=O) groups excluding carboxylic acids is 1. The standard InChI is InChI=1S/C12H23N3O2/c13-11(15-17)8-9-14-12(16)10-6-4-2-1-3-5-7-10/h10,17H,1-9H2,(H2,13,15)(H,14,16). The number of amidine groups is 1. The van der Waals surface area contributed by atoms with Crippen molar-refractivity contribution in [3.8, 4) is 0 Å². The van der Waals surface area contributed by atoms with Gasteiger partial charge in [0, 0.05) is 18.9 Å². The van der Waals surface area contributed by atoms with E-state index < -0.39 is 0 Å². The first-order chi connectivity index (χ1) is 8.24. The van der Waals surface area contributed by atoms with Crippen LogP contribution >= 0.6 is 0 Å². The number of nitrogens with zero attached hydrogens (tertiary/aromatic N) is 1. The summed E-state index contributed by atoms with van der Waals surface area (Å²) in [5.74, 6) is 0.434. The molecule has 5 heteroatoms. The summed E-state index contributed by atoms with van der Waals surface area (Å²) in [5, 5.41) is 14.1. The van der Waals surface area contributed by atoms with E-state index in [2.05, 4.69) is 10.5 Å². The van der Waals surface area contributed by atoms with Gasteiger partial charge in [-0.2, -0.15) is 0 Å². The van der Waals surface area contributed by atoms with Crippen LogP contribution < -0.4 is 11.1 Å². The molecule has 1 amide bonds. The summed E-state index contributed by atoms with van der Waals surface area (Å²) >= 11 is 0. The second-order valence-corrected chi connectivity index (χ2v) is 4.67. The lowest BCUT2D eigenvalue weighted by atomic mass is 9.90. The van der Waals surface area contributed by atoms with Crippen LogP contribution in [0.15, 0.2) is 5.16 Å². The summed E-state index contributed by atoms with van der Waals surface area (Å²) in [5.41, 5.74) is 5.33. The van der Waals surface area contributed by atoms with Crippen molar-refractivity contribution in [3.63, 3.8) is 0 Å². The van der Waals surface area contributed by atoms with Crippen molar-refractivity contribution in [2.24, 2.45) is 16.8 Å². The molecule has 0 bridgehead atoms. The minimum absolute atomic E-state index is 0.123. The van der Waals surface area contributed by atoms with Crippen LogP contribution in [0.1, 0.15) is 51.4 Å². The van der Waals surface area contributed by atoms with Gasteiger partial charge in [-0.05, 0) is 12.8 Å². The molecule has 1 rings (SSSR count). The molecule has 0 aromatic rings. The fraction of sp³-hybridized carbons (Fsp3) is 0.833. The molecular weight excluding hydrogens is 218 g/mol. The molecule has 1 fully saturated rings. The summed E-state index contributed by atoms with van der Waals surface area (Å²) in [6.07, 6.45) is 8.48. The maximum atomic E-state index is 11.9. The Balaban J connectivity index is 2.25. The van der Waals surface area contributed by atoms with Crippen molar-refractivity contribution in [2.45, 2.75) is 51.4 Å².